The van der Waals surface area contributed by atoms with Crippen LogP contribution in [0.4, 0.5) is 0 Å². The largest absolute Gasteiger partial charge is 0.369 e. The van der Waals surface area contributed by atoms with Crippen LogP contribution in [0.15, 0.2) is 18.5 Å². The van der Waals surface area contributed by atoms with E-state index in [9.17, 15) is 4.79 Å². The maximum absolute atomic E-state index is 11.5. The number of nitrogens with zero attached hydrogens (tertiary/aromatic N) is 4. The number of nitriles is 1. The number of fused-ring (bicyclic) bond motifs is 3. The van der Waals surface area contributed by atoms with E-state index in [2.05, 4.69) is 25.6 Å². The second-order valence-corrected chi connectivity index (χ2v) is 6.81. The number of aromatic amines is 1. The Kier molecular flexibility index (Phi) is 3.88. The molecular formula is C18H20N6O. The van der Waals surface area contributed by atoms with Gasteiger partial charge in [0.25, 0.3) is 0 Å². The number of nitrogens with one attached hydrogen (secondary N) is 1. The van der Waals surface area contributed by atoms with Crippen LogP contribution in [0.5, 0.6) is 0 Å². The molecule has 0 aromatic carbocycles. The van der Waals surface area contributed by atoms with Crippen LogP contribution in [-0.2, 0) is 11.2 Å². The highest BCUT2D eigenvalue weighted by atomic mass is 16.1. The summed E-state index contributed by atoms with van der Waals surface area (Å²) in [7, 11) is 0. The Labute approximate surface area is 144 Å². The SMILES string of the molecule is N#CCC1CCC(n2c(CC(N)=O)nc3cnc4[nH]ccc4c32)CC1. The number of carbonyl (C=O) groups excluding carboxylic acids is 1. The van der Waals surface area contributed by atoms with Gasteiger partial charge >= 0.3 is 0 Å². The van der Waals surface area contributed by atoms with Crippen molar-refractivity contribution in [2.45, 2.75) is 44.6 Å². The van der Waals surface area contributed by atoms with Crippen LogP contribution < -0.4 is 5.73 Å². The summed E-state index contributed by atoms with van der Waals surface area (Å²) in [6, 6.07) is 4.55. The number of nitrogens with two attached hydrogens (primary N) is 1. The van der Waals surface area contributed by atoms with Crippen LogP contribution in [0, 0.1) is 17.2 Å². The van der Waals surface area contributed by atoms with E-state index in [1.807, 2.05) is 12.3 Å². The zero-order chi connectivity index (χ0) is 17.4. The van der Waals surface area contributed by atoms with Gasteiger partial charge in [0, 0.05) is 24.0 Å². The van der Waals surface area contributed by atoms with Crippen LogP contribution in [0.3, 0.4) is 0 Å². The number of amides is 1. The lowest BCUT2D eigenvalue weighted by molar-refractivity contribution is -0.117. The second-order valence-electron chi connectivity index (χ2n) is 6.81. The molecule has 25 heavy (non-hydrogen) atoms. The van der Waals surface area contributed by atoms with Crippen molar-refractivity contribution in [1.29, 1.82) is 5.26 Å². The van der Waals surface area contributed by atoms with Crippen molar-refractivity contribution in [2.75, 3.05) is 0 Å². The third-order valence-corrected chi connectivity index (χ3v) is 5.20. The molecule has 0 spiro atoms. The van der Waals surface area contributed by atoms with Gasteiger partial charge in [0.05, 0.1) is 24.2 Å². The van der Waals surface area contributed by atoms with E-state index in [-0.39, 0.29) is 18.4 Å². The molecule has 0 unspecified atom stereocenters. The molecule has 0 aliphatic heterocycles. The molecule has 0 atom stereocenters. The molecule has 7 nitrogen and oxygen atoms in total. The normalized spacial score (nSPS) is 20.8. The molecule has 0 radical (unpaired) electrons. The van der Waals surface area contributed by atoms with E-state index in [0.717, 1.165) is 47.8 Å². The summed E-state index contributed by atoms with van der Waals surface area (Å²) >= 11 is 0. The second kappa shape index (κ2) is 6.20. The van der Waals surface area contributed by atoms with E-state index in [0.29, 0.717) is 18.2 Å². The maximum Gasteiger partial charge on any atom is 0.225 e. The number of aromatic nitrogens is 4. The number of hydrogen-bond donors (Lipinski definition) is 2. The molecule has 7 heteroatoms. The van der Waals surface area contributed by atoms with Gasteiger partial charge in [-0.3, -0.25) is 4.79 Å². The first-order valence-electron chi connectivity index (χ1n) is 8.65. The fraction of sp³-hybridized carbons (Fsp3) is 0.444. The third-order valence-electron chi connectivity index (χ3n) is 5.20. The number of primary amides is 1. The summed E-state index contributed by atoms with van der Waals surface area (Å²) in [4.78, 5) is 23.7. The highest BCUT2D eigenvalue weighted by molar-refractivity contribution is 6.01. The van der Waals surface area contributed by atoms with Gasteiger partial charge < -0.3 is 15.3 Å². The fourth-order valence-corrected chi connectivity index (χ4v) is 4.05. The van der Waals surface area contributed by atoms with Gasteiger partial charge in [-0.15, -0.1) is 0 Å². The molecule has 1 fully saturated rings. The van der Waals surface area contributed by atoms with Crippen LogP contribution in [-0.4, -0.2) is 25.4 Å². The van der Waals surface area contributed by atoms with Crippen LogP contribution >= 0.6 is 0 Å². The highest BCUT2D eigenvalue weighted by Gasteiger charge is 2.27. The van der Waals surface area contributed by atoms with Gasteiger partial charge in [0.15, 0.2) is 0 Å². The van der Waals surface area contributed by atoms with E-state index >= 15 is 0 Å². The summed E-state index contributed by atoms with van der Waals surface area (Å²) in [6.07, 6.45) is 8.37. The number of carbonyl (C=O) groups is 1. The summed E-state index contributed by atoms with van der Waals surface area (Å²) in [5.74, 6) is 0.805. The van der Waals surface area contributed by atoms with Gasteiger partial charge in [-0.1, -0.05) is 0 Å². The van der Waals surface area contributed by atoms with Crippen molar-refractivity contribution in [3.8, 4) is 6.07 Å². The average Bonchev–Trinajstić information content (AvgIpc) is 3.19. The van der Waals surface area contributed by atoms with E-state index in [4.69, 9.17) is 11.0 Å². The lowest BCUT2D eigenvalue weighted by atomic mass is 9.84. The van der Waals surface area contributed by atoms with E-state index < -0.39 is 0 Å². The van der Waals surface area contributed by atoms with Gasteiger partial charge in [-0.05, 0) is 37.7 Å². The Morgan fingerprint density at radius 2 is 2.20 bits per heavy atom. The molecule has 3 aromatic rings. The molecule has 0 bridgehead atoms. The first kappa shape index (κ1) is 15.6. The van der Waals surface area contributed by atoms with Gasteiger partial charge in [-0.25, -0.2) is 9.97 Å². The Balaban J connectivity index is 1.81. The van der Waals surface area contributed by atoms with E-state index in [1.165, 1.54) is 0 Å². The van der Waals surface area contributed by atoms with Gasteiger partial charge in [-0.2, -0.15) is 5.26 Å². The van der Waals surface area contributed by atoms with Gasteiger partial charge in [0.2, 0.25) is 5.91 Å². The molecule has 0 saturated heterocycles. The topological polar surface area (TPSA) is 113 Å². The summed E-state index contributed by atoms with van der Waals surface area (Å²) in [5.41, 5.74) is 8.08. The molecule has 4 rings (SSSR count). The zero-order valence-corrected chi connectivity index (χ0v) is 13.9. The predicted molar refractivity (Wildman–Crippen MR) is 93.5 cm³/mol. The van der Waals surface area contributed by atoms with Crippen molar-refractivity contribution in [3.05, 3.63) is 24.3 Å². The van der Waals surface area contributed by atoms with Crippen LogP contribution in [0.25, 0.3) is 22.1 Å². The highest BCUT2D eigenvalue weighted by Crippen LogP contribution is 2.37. The monoisotopic (exact) mass is 336 g/mol. The minimum absolute atomic E-state index is 0.124. The smallest absolute Gasteiger partial charge is 0.225 e. The van der Waals surface area contributed by atoms with Crippen molar-refractivity contribution in [2.24, 2.45) is 11.7 Å². The molecule has 1 aliphatic carbocycles. The predicted octanol–water partition coefficient (Wildman–Crippen LogP) is 2.59. The summed E-state index contributed by atoms with van der Waals surface area (Å²) in [5, 5.41) is 9.93. The van der Waals surface area contributed by atoms with Crippen LogP contribution in [0.1, 0.15) is 44.0 Å². The van der Waals surface area contributed by atoms with Crippen LogP contribution in [0.2, 0.25) is 0 Å². The van der Waals surface area contributed by atoms with Crippen molar-refractivity contribution >= 4 is 28.0 Å². The lowest BCUT2D eigenvalue weighted by Crippen LogP contribution is -2.23. The lowest BCUT2D eigenvalue weighted by Gasteiger charge is -2.29. The Hall–Kier alpha value is -2.88. The number of rotatable bonds is 4. The quantitative estimate of drug-likeness (QED) is 0.762. The standard InChI is InChI=1S/C18H20N6O/c19-7-5-11-1-3-12(4-2-11)24-16(9-15(20)25)23-14-10-22-18-13(17(14)24)6-8-21-18/h6,8,10-12H,1-5,9H2,(H2,20,25)(H,21,22). The molecule has 3 N–H and O–H groups in total. The molecule has 3 aromatic heterocycles. The molecule has 3 heterocycles. The number of pyridine rings is 1. The Morgan fingerprint density at radius 1 is 1.40 bits per heavy atom. The minimum Gasteiger partial charge on any atom is -0.369 e. The fourth-order valence-electron chi connectivity index (χ4n) is 4.05. The Bertz CT molecular complexity index is 971. The number of H-pyrrole nitrogens is 1. The zero-order valence-electron chi connectivity index (χ0n) is 13.9. The average molecular weight is 336 g/mol. The minimum atomic E-state index is -0.381. The summed E-state index contributed by atoms with van der Waals surface area (Å²) < 4.78 is 2.19. The number of hydrogen-bond acceptors (Lipinski definition) is 4. The molecule has 1 aliphatic rings. The molecule has 1 saturated carbocycles. The number of imidazole rings is 1. The van der Waals surface area contributed by atoms with Crippen molar-refractivity contribution < 1.29 is 4.79 Å². The summed E-state index contributed by atoms with van der Waals surface area (Å²) in [6.45, 7) is 0. The molecular weight excluding hydrogens is 316 g/mol. The van der Waals surface area contributed by atoms with E-state index in [1.54, 1.807) is 6.20 Å². The van der Waals surface area contributed by atoms with Crippen molar-refractivity contribution in [1.82, 2.24) is 19.5 Å². The molecule has 1 amide bonds. The van der Waals surface area contributed by atoms with Gasteiger partial charge in [0.1, 0.15) is 17.0 Å². The third kappa shape index (κ3) is 2.74. The first-order chi connectivity index (χ1) is 12.2. The van der Waals surface area contributed by atoms with Crippen molar-refractivity contribution in [3.63, 3.8) is 0 Å². The molecule has 128 valence electrons. The Morgan fingerprint density at radius 3 is 2.92 bits per heavy atom. The maximum atomic E-state index is 11.5. The first-order valence-corrected chi connectivity index (χ1v) is 8.65.